The van der Waals surface area contributed by atoms with Crippen LogP contribution in [0.4, 0.5) is 0 Å². The summed E-state index contributed by atoms with van der Waals surface area (Å²) in [6.45, 7) is 28.9. The molecule has 18 aromatic carbocycles. The highest BCUT2D eigenvalue weighted by Gasteiger charge is 2.23. The molecule has 0 aliphatic carbocycles. The van der Waals surface area contributed by atoms with Crippen molar-refractivity contribution in [2.75, 3.05) is 0 Å². The van der Waals surface area contributed by atoms with Gasteiger partial charge in [0.25, 0.3) is 0 Å². The monoisotopic (exact) mass is 1730 g/mol. The SMILES string of the molecule is CC(C)(C)c1ccc2c(c1)oc1cccc(-c3ccccc3)c12.CC(C)c1ccc2oc3c(-c4ccccc4)cccc3c2c1.CC(C)c1ccc2oc3cc(-c4ccccc4)ccc3c2c1.CC(C)c1ccc2oc3ccc(-c4ccccc4)cc3c2c1.CC(C)c1ccc2oc3cccc(-c4ccccc4)c3c2c1.CC(C)c1cccc2oc3c(-c4ccccc4)cccc3c12. The van der Waals surface area contributed by atoms with Gasteiger partial charge in [-0.05, 0) is 221 Å². The van der Waals surface area contributed by atoms with Gasteiger partial charge in [-0.1, -0.05) is 393 Å². The van der Waals surface area contributed by atoms with Gasteiger partial charge in [0, 0.05) is 75.8 Å². The summed E-state index contributed by atoms with van der Waals surface area (Å²) < 4.78 is 36.6. The van der Waals surface area contributed by atoms with Gasteiger partial charge in [-0.25, -0.2) is 0 Å². The number of para-hydroxylation sites is 2. The first kappa shape index (κ1) is 87.1. The summed E-state index contributed by atoms with van der Waals surface area (Å²) in [5.41, 5.74) is 34.2. The van der Waals surface area contributed by atoms with Crippen molar-refractivity contribution in [1.29, 1.82) is 0 Å². The quantitative estimate of drug-likeness (QED) is 0.128. The lowest BCUT2D eigenvalue weighted by Gasteiger charge is -2.18. The first-order valence-corrected chi connectivity index (χ1v) is 46.8. The fourth-order valence-electron chi connectivity index (χ4n) is 18.4. The Morgan fingerprint density at radius 3 is 0.962 bits per heavy atom. The Kier molecular flexibility index (Phi) is 24.7. The highest BCUT2D eigenvalue weighted by molar-refractivity contribution is 6.16. The molecule has 0 bridgehead atoms. The highest BCUT2D eigenvalue weighted by atomic mass is 16.3. The molecule has 24 rings (SSSR count). The molecule has 6 nitrogen and oxygen atoms in total. The normalized spacial score (nSPS) is 11.7. The molecule has 0 atom stereocenters. The molecule has 6 heterocycles. The van der Waals surface area contributed by atoms with Crippen molar-refractivity contribution in [3.05, 3.63) is 434 Å². The smallest absolute Gasteiger partial charge is 0.143 e. The molecule has 0 unspecified atom stereocenters. The van der Waals surface area contributed by atoms with Crippen LogP contribution in [0.25, 0.3) is 198 Å². The Labute approximate surface area is 778 Å². The van der Waals surface area contributed by atoms with Gasteiger partial charge < -0.3 is 26.5 Å². The minimum Gasteiger partial charge on any atom is -0.456 e. The molecule has 0 radical (unpaired) electrons. The highest BCUT2D eigenvalue weighted by Crippen LogP contribution is 2.45. The topological polar surface area (TPSA) is 78.8 Å². The number of fused-ring (bicyclic) bond motifs is 18. The fraction of sp³-hybridized carbons (Fsp3) is 0.150. The molecule has 0 fully saturated rings. The van der Waals surface area contributed by atoms with Crippen molar-refractivity contribution >= 4 is 132 Å². The Balaban J connectivity index is 0.000000103. The van der Waals surface area contributed by atoms with Gasteiger partial charge in [-0.2, -0.15) is 0 Å². The molecule has 0 N–H and O–H groups in total. The van der Waals surface area contributed by atoms with Crippen LogP contribution in [-0.4, -0.2) is 0 Å². The fourth-order valence-corrected chi connectivity index (χ4v) is 18.4. The lowest BCUT2D eigenvalue weighted by molar-refractivity contribution is 0.587. The van der Waals surface area contributed by atoms with Gasteiger partial charge in [-0.3, -0.25) is 0 Å². The van der Waals surface area contributed by atoms with Crippen LogP contribution in [-0.2, 0) is 5.41 Å². The summed E-state index contributed by atoms with van der Waals surface area (Å²) in [7, 11) is 0. The molecule has 0 amide bonds. The molecule has 0 aliphatic heterocycles. The maximum atomic E-state index is 6.23. The zero-order chi connectivity index (χ0) is 91.5. The van der Waals surface area contributed by atoms with E-state index in [1.807, 2.05) is 36.4 Å². The maximum Gasteiger partial charge on any atom is 0.143 e. The third kappa shape index (κ3) is 18.1. The maximum absolute atomic E-state index is 6.23. The number of hydrogen-bond donors (Lipinski definition) is 0. The largest absolute Gasteiger partial charge is 0.456 e. The van der Waals surface area contributed by atoms with Crippen molar-refractivity contribution in [2.24, 2.45) is 0 Å². The first-order valence-electron chi connectivity index (χ1n) is 46.8. The Bertz CT molecular complexity index is 8200. The van der Waals surface area contributed by atoms with Crippen molar-refractivity contribution < 1.29 is 26.5 Å². The van der Waals surface area contributed by atoms with Gasteiger partial charge in [-0.15, -0.1) is 0 Å². The average molecular weight is 1730 g/mol. The van der Waals surface area contributed by atoms with Gasteiger partial charge in [0.15, 0.2) is 0 Å². The Morgan fingerprint density at radius 2 is 0.489 bits per heavy atom. The number of hydrogen-bond acceptors (Lipinski definition) is 6. The van der Waals surface area contributed by atoms with Gasteiger partial charge >= 0.3 is 0 Å². The van der Waals surface area contributed by atoms with E-state index in [4.69, 9.17) is 26.5 Å². The van der Waals surface area contributed by atoms with E-state index in [1.165, 1.54) is 154 Å². The lowest BCUT2D eigenvalue weighted by Crippen LogP contribution is -2.10. The van der Waals surface area contributed by atoms with E-state index in [0.29, 0.717) is 29.6 Å². The summed E-state index contributed by atoms with van der Waals surface area (Å²) >= 11 is 0. The first-order chi connectivity index (χ1) is 64.7. The van der Waals surface area contributed by atoms with Crippen LogP contribution in [0, 0.1) is 0 Å². The van der Waals surface area contributed by atoms with Gasteiger partial charge in [0.05, 0.1) is 0 Å². The molecule has 0 saturated heterocycles. The van der Waals surface area contributed by atoms with Crippen LogP contribution < -0.4 is 0 Å². The molecule has 24 aromatic rings. The van der Waals surface area contributed by atoms with Crippen LogP contribution in [0.2, 0.25) is 0 Å². The van der Waals surface area contributed by atoms with Crippen LogP contribution in [0.15, 0.2) is 427 Å². The van der Waals surface area contributed by atoms with Crippen molar-refractivity contribution in [3.63, 3.8) is 0 Å². The van der Waals surface area contributed by atoms with Crippen molar-refractivity contribution in [2.45, 2.75) is 125 Å². The molecule has 0 aliphatic rings. The second-order valence-corrected chi connectivity index (χ2v) is 37.4. The molecular weight excluding hydrogens is 1620 g/mol. The third-order valence-electron chi connectivity index (χ3n) is 25.8. The van der Waals surface area contributed by atoms with E-state index in [0.717, 1.165) is 78.1 Å². The third-order valence-corrected chi connectivity index (χ3v) is 25.8. The Hall–Kier alpha value is -15.2. The summed E-state index contributed by atoms with van der Waals surface area (Å²) in [6.07, 6.45) is 0. The second kappa shape index (κ2) is 37.7. The van der Waals surface area contributed by atoms with Crippen molar-refractivity contribution in [1.82, 2.24) is 0 Å². The molecule has 0 spiro atoms. The molecule has 0 saturated carbocycles. The molecular formula is C127H110O6. The standard InChI is InChI=1S/C22H20O.5C21H18O/c1-22(2,3)16-12-13-18-20(14-16)23-19-11-7-10-17(21(18)19)15-8-5-4-6-9-15;1-14(2)16-10-7-13-19-20(16)18-12-6-11-17(21(18)22-19)15-8-4-3-5-9-15;1-14(2)16-11-12-19-18(13-16)21-17(9-6-10-20(21)22-19)15-7-4-3-5-8-15;1-14(2)16-11-12-20-19(13-16)18-10-6-9-17(21(18)22-20)15-7-4-3-5-8-15;1-14(2)16-9-11-20-19(12-16)18-10-8-17(13-21(18)22-20)15-6-4-3-5-7-15;1-14(2)16-8-10-20-18(12-16)19-13-17(9-11-21(19)22-20)15-6-4-3-5-7-15/h4-14H,1-3H3;5*3-14H,1-2H3. The minimum absolute atomic E-state index is 0.120. The molecule has 6 aromatic heterocycles. The predicted molar refractivity (Wildman–Crippen MR) is 564 cm³/mol. The van der Waals surface area contributed by atoms with Gasteiger partial charge in [0.2, 0.25) is 0 Å². The average Bonchev–Trinajstić information content (AvgIpc) is 1.68. The summed E-state index contributed by atoms with van der Waals surface area (Å²) in [5, 5.41) is 14.5. The van der Waals surface area contributed by atoms with E-state index in [9.17, 15) is 0 Å². The van der Waals surface area contributed by atoms with E-state index >= 15 is 0 Å². The molecule has 654 valence electrons. The predicted octanol–water partition coefficient (Wildman–Crippen LogP) is 38.4. The molecule has 133 heavy (non-hydrogen) atoms. The van der Waals surface area contributed by atoms with E-state index in [-0.39, 0.29) is 5.41 Å². The number of benzene rings is 18. The van der Waals surface area contributed by atoms with E-state index in [2.05, 4.69) is 454 Å². The van der Waals surface area contributed by atoms with Crippen LogP contribution >= 0.6 is 0 Å². The van der Waals surface area contributed by atoms with E-state index in [1.54, 1.807) is 0 Å². The number of furan rings is 6. The number of rotatable bonds is 11. The zero-order valence-corrected chi connectivity index (χ0v) is 77.9. The lowest BCUT2D eigenvalue weighted by atomic mass is 9.86. The zero-order valence-electron chi connectivity index (χ0n) is 77.9. The van der Waals surface area contributed by atoms with Crippen LogP contribution in [0.3, 0.4) is 0 Å². The Morgan fingerprint density at radius 1 is 0.173 bits per heavy atom. The summed E-state index contributed by atoms with van der Waals surface area (Å²) in [5.74, 6) is 2.55. The minimum atomic E-state index is 0.120. The summed E-state index contributed by atoms with van der Waals surface area (Å²) in [4.78, 5) is 0. The molecule has 6 heteroatoms. The van der Waals surface area contributed by atoms with Crippen LogP contribution in [0.5, 0.6) is 0 Å². The second-order valence-electron chi connectivity index (χ2n) is 37.4. The van der Waals surface area contributed by atoms with Gasteiger partial charge in [0.1, 0.15) is 67.0 Å². The van der Waals surface area contributed by atoms with Crippen LogP contribution in [0.1, 0.15) is 153 Å². The summed E-state index contributed by atoms with van der Waals surface area (Å²) in [6, 6.07) is 140. The van der Waals surface area contributed by atoms with Crippen molar-refractivity contribution in [3.8, 4) is 66.8 Å². The van der Waals surface area contributed by atoms with E-state index < -0.39 is 0 Å².